The minimum Gasteiger partial charge on any atom is -1.00 e. The summed E-state index contributed by atoms with van der Waals surface area (Å²) in [6.07, 6.45) is 0. The summed E-state index contributed by atoms with van der Waals surface area (Å²) < 4.78 is 71.1. The molecule has 47 heavy (non-hydrogen) atoms. The average Bonchev–Trinajstić information content (AvgIpc) is 2.95. The van der Waals surface area contributed by atoms with E-state index in [9.17, 15) is 0 Å². The van der Waals surface area contributed by atoms with Gasteiger partial charge in [-0.3, -0.25) is 0 Å². The van der Waals surface area contributed by atoms with Gasteiger partial charge in [0.25, 0.3) is 0 Å². The van der Waals surface area contributed by atoms with E-state index < -0.39 is 32.6 Å². The Balaban J connectivity index is -0.000000184. The molecule has 0 amide bonds. The molecule has 0 spiro atoms. The molecular formula is C24H31N8Na2O10S3-. The van der Waals surface area contributed by atoms with Crippen molar-refractivity contribution in [1.29, 1.82) is 0 Å². The first kappa shape index (κ1) is 48.0. The van der Waals surface area contributed by atoms with Crippen LogP contribution in [0, 0.1) is 0 Å². The van der Waals surface area contributed by atoms with Crippen molar-refractivity contribution in [2.45, 2.75) is 0 Å². The molecule has 4 aromatic carbocycles. The van der Waals surface area contributed by atoms with Crippen LogP contribution in [0.2, 0.25) is 0 Å². The van der Waals surface area contributed by atoms with Gasteiger partial charge in [-0.2, -0.15) is 0 Å². The zero-order chi connectivity index (χ0) is 34.9. The number of nitrogens with two attached hydrogens (primary N) is 8. The van der Waals surface area contributed by atoms with Crippen molar-refractivity contribution in [3.63, 3.8) is 0 Å². The third kappa shape index (κ3) is 20.4. The van der Waals surface area contributed by atoms with Gasteiger partial charge in [0.05, 0.1) is 45.5 Å². The summed E-state index contributed by atoms with van der Waals surface area (Å²) in [5, 5.41) is 7.03. The summed E-state index contributed by atoms with van der Waals surface area (Å²) in [7, 11) is -6.22. The van der Waals surface area contributed by atoms with E-state index in [1.165, 1.54) is 0 Å². The second kappa shape index (κ2) is 24.7. The van der Waals surface area contributed by atoms with Crippen LogP contribution in [0.3, 0.4) is 0 Å². The Labute approximate surface area is 321 Å². The van der Waals surface area contributed by atoms with Gasteiger partial charge in [0.1, 0.15) is 11.4 Å². The molecule has 0 fully saturated rings. The monoisotopic (exact) mass is 733 g/mol. The van der Waals surface area contributed by atoms with E-state index in [-0.39, 0.29) is 62.0 Å². The van der Waals surface area contributed by atoms with Crippen LogP contribution < -0.4 is 105 Å². The summed E-state index contributed by atoms with van der Waals surface area (Å²) in [4.78, 5) is 0. The maximum atomic E-state index is 8.90. The summed E-state index contributed by atoms with van der Waals surface area (Å²) in [6.45, 7) is 0. The number of hydrogen-bond acceptors (Lipinski definition) is 18. The second-order valence-electron chi connectivity index (χ2n) is 8.06. The summed E-state index contributed by atoms with van der Waals surface area (Å²) in [6, 6.07) is 22.0. The number of hydrogen-bond donors (Lipinski definition) is 9. The molecule has 4 rings (SSSR count). The first-order valence-electron chi connectivity index (χ1n) is 11.4. The van der Waals surface area contributed by atoms with Crippen LogP contribution in [0.15, 0.2) is 72.8 Å². The van der Waals surface area contributed by atoms with E-state index in [0.717, 1.165) is 22.3 Å². The quantitative estimate of drug-likeness (QED) is 0.0312. The number of rotatable bonds is 3. The van der Waals surface area contributed by atoms with Gasteiger partial charge in [-0.25, -0.2) is 9.47 Å². The van der Waals surface area contributed by atoms with Crippen molar-refractivity contribution in [3.8, 4) is 22.3 Å². The van der Waals surface area contributed by atoms with E-state index in [1.807, 2.05) is 48.5 Å². The average molecular weight is 734 g/mol. The van der Waals surface area contributed by atoms with Crippen LogP contribution in [0.25, 0.3) is 22.3 Å². The van der Waals surface area contributed by atoms with Crippen LogP contribution >= 0.6 is 0 Å². The van der Waals surface area contributed by atoms with Crippen LogP contribution in [0.1, 0.15) is 2.85 Å². The molecule has 0 bridgehead atoms. The topological polar surface area (TPSA) is 380 Å². The van der Waals surface area contributed by atoms with Gasteiger partial charge in [0, 0.05) is 0 Å². The molecule has 248 valence electrons. The van der Waals surface area contributed by atoms with E-state index in [2.05, 4.69) is 4.33 Å². The first-order chi connectivity index (χ1) is 20.9. The Morgan fingerprint density at radius 2 is 0.596 bits per heavy atom. The largest absolute Gasteiger partial charge is 1.00 e. The zero-order valence-electron chi connectivity index (χ0n) is 26.9. The molecule has 0 heterocycles. The Kier molecular flexibility index (Phi) is 25.2. The first-order valence-corrected chi connectivity index (χ1v) is 14.4. The summed E-state index contributed by atoms with van der Waals surface area (Å²) >= 11 is -2.77. The van der Waals surface area contributed by atoms with Crippen molar-refractivity contribution in [2.24, 2.45) is 0 Å². The zero-order valence-corrected chi connectivity index (χ0v) is 31.3. The molecule has 17 N–H and O–H groups in total. The van der Waals surface area contributed by atoms with Gasteiger partial charge in [0.2, 0.25) is 0 Å². The van der Waals surface area contributed by atoms with Crippen molar-refractivity contribution in [3.05, 3.63) is 72.8 Å². The third-order valence-corrected chi connectivity index (χ3v) is 5.20. The SMILES string of the molecule is Nc1ccc(-c2ccc(N)c(N)c2)cc1N.Nc1ccc(-c2ccc(N)c(N)c2)cc1N.O=S(=O)=O.O=S(=O)=O.O=S([O-])OO.[H-].[H-].[Na+].[Na+]. The molecule has 0 saturated carbocycles. The van der Waals surface area contributed by atoms with E-state index in [4.69, 9.17) is 85.1 Å². The number of nitrogen functional groups attached to an aromatic ring is 8. The molecule has 23 heteroatoms. The Bertz CT molecular complexity index is 1630. The fraction of sp³-hybridized carbons (Fsp3) is 0. The van der Waals surface area contributed by atoms with E-state index in [0.29, 0.717) is 45.5 Å². The minimum atomic E-state index is -3.11. The molecule has 1 atom stereocenters. The van der Waals surface area contributed by atoms with Gasteiger partial charge in [-0.1, -0.05) is 24.3 Å². The minimum absolute atomic E-state index is 0. The maximum absolute atomic E-state index is 8.90. The number of anilines is 8. The predicted octanol–water partition coefficient (Wildman–Crippen LogP) is -5.14. The van der Waals surface area contributed by atoms with Crippen molar-refractivity contribution >= 4 is 78.1 Å². The number of benzene rings is 4. The second-order valence-corrected chi connectivity index (χ2v) is 9.44. The van der Waals surface area contributed by atoms with Crippen LogP contribution in [-0.2, 0) is 36.9 Å². The Morgan fingerprint density at radius 3 is 0.702 bits per heavy atom. The molecule has 0 saturated heterocycles. The molecule has 0 aliphatic rings. The van der Waals surface area contributed by atoms with Crippen LogP contribution in [0.5, 0.6) is 0 Å². The van der Waals surface area contributed by atoms with Gasteiger partial charge in [-0.05, 0) is 70.8 Å². The third-order valence-electron chi connectivity index (χ3n) is 5.07. The molecule has 0 radical (unpaired) electrons. The molecule has 0 aromatic heterocycles. The maximum Gasteiger partial charge on any atom is 1.00 e. The molecule has 1 unspecified atom stereocenters. The Hall–Kier alpha value is -3.45. The molecule has 0 aliphatic heterocycles. The van der Waals surface area contributed by atoms with Crippen LogP contribution in [0.4, 0.5) is 45.5 Å². The standard InChI is InChI=1S/2C12H14N4.2Na.H2O4S.2O3S.2H/c2*13-9-3-1-7(5-11(9)15)8-2-4-10(14)12(16)6-8;;;1-4-5(2)3;2*1-4(2)3;;/h2*1-6H,13-16H2;;;1H,(H,2,3);;;;/q;;2*+1;;;;2*-1/p-1. The van der Waals surface area contributed by atoms with Crippen molar-refractivity contribution in [2.75, 3.05) is 45.9 Å². The smallest absolute Gasteiger partial charge is 1.00 e. The van der Waals surface area contributed by atoms with E-state index >= 15 is 0 Å². The van der Waals surface area contributed by atoms with Crippen molar-refractivity contribution in [1.82, 2.24) is 0 Å². The van der Waals surface area contributed by atoms with Gasteiger partial charge >= 0.3 is 80.3 Å². The molecule has 18 nitrogen and oxygen atoms in total. The Morgan fingerprint density at radius 1 is 0.447 bits per heavy atom. The predicted molar refractivity (Wildman–Crippen MR) is 173 cm³/mol. The van der Waals surface area contributed by atoms with Gasteiger partial charge in [0.15, 0.2) is 0 Å². The summed E-state index contributed by atoms with van der Waals surface area (Å²) in [5.41, 5.74) is 54.0. The fourth-order valence-corrected chi connectivity index (χ4v) is 3.02. The van der Waals surface area contributed by atoms with Gasteiger partial charge < -0.3 is 53.3 Å². The normalized spacial score (nSPS) is 9.57. The van der Waals surface area contributed by atoms with Crippen LogP contribution in [-0.4, -0.2) is 39.3 Å². The summed E-state index contributed by atoms with van der Waals surface area (Å²) in [5.74, 6) is 0. The molecular weight excluding hydrogens is 702 g/mol. The molecule has 4 aromatic rings. The molecule has 0 aliphatic carbocycles. The van der Waals surface area contributed by atoms with E-state index in [1.54, 1.807) is 24.3 Å². The fourth-order valence-electron chi connectivity index (χ4n) is 3.02. The van der Waals surface area contributed by atoms with Gasteiger partial charge in [-0.15, -0.1) is 29.6 Å². The van der Waals surface area contributed by atoms with Crippen molar-refractivity contribution < 1.29 is 106 Å².